The minimum atomic E-state index is -0.781. The number of benzene rings is 3. The molecule has 0 saturated heterocycles. The highest BCUT2D eigenvalue weighted by atomic mass is 127. The number of phenols is 1. The number of rotatable bonds is 7. The van der Waals surface area contributed by atoms with Crippen LogP contribution in [-0.2, 0) is 6.61 Å². The van der Waals surface area contributed by atoms with Crippen LogP contribution in [0, 0.1) is 17.3 Å². The normalized spacial score (nSPS) is 10.9. The number of hydrogen-bond acceptors (Lipinski definition) is 6. The molecule has 0 saturated carbocycles. The van der Waals surface area contributed by atoms with Crippen molar-refractivity contribution in [3.8, 4) is 11.5 Å². The first kappa shape index (κ1) is 25.5. The van der Waals surface area contributed by atoms with Gasteiger partial charge in [0, 0.05) is 27.7 Å². The lowest BCUT2D eigenvalue weighted by Crippen LogP contribution is -2.18. The van der Waals surface area contributed by atoms with Gasteiger partial charge in [-0.2, -0.15) is 5.10 Å². The number of nitro benzene ring substituents is 1. The van der Waals surface area contributed by atoms with Crippen molar-refractivity contribution >= 4 is 86.2 Å². The maximum Gasteiger partial charge on any atom is 0.275 e. The number of carbonyl (C=O) groups is 1. The summed E-state index contributed by atoms with van der Waals surface area (Å²) < 4.78 is 7.56. The van der Waals surface area contributed by atoms with Crippen LogP contribution in [0.15, 0.2) is 53.6 Å². The Morgan fingerprint density at radius 1 is 1.15 bits per heavy atom. The third-order valence-corrected chi connectivity index (χ3v) is 6.41. The number of carbonyl (C=O) groups excluding carboxylic acids is 1. The van der Waals surface area contributed by atoms with Crippen LogP contribution >= 0.6 is 68.4 Å². The second kappa shape index (κ2) is 11.3. The summed E-state index contributed by atoms with van der Waals surface area (Å²) in [6.45, 7) is 0.262. The molecule has 3 aromatic carbocycles. The number of ether oxygens (including phenoxy) is 1. The van der Waals surface area contributed by atoms with Gasteiger partial charge in [0.05, 0.1) is 23.8 Å². The topological polar surface area (TPSA) is 114 Å². The van der Waals surface area contributed by atoms with Crippen molar-refractivity contribution in [1.82, 2.24) is 5.43 Å². The summed E-state index contributed by atoms with van der Waals surface area (Å²) >= 11 is 16.4. The Balaban J connectivity index is 1.69. The molecule has 0 spiro atoms. The molecular formula is C21H13Cl2I2N3O5. The lowest BCUT2D eigenvalue weighted by atomic mass is 10.1. The summed E-state index contributed by atoms with van der Waals surface area (Å²) in [6.07, 6.45) is 1.41. The summed E-state index contributed by atoms with van der Waals surface area (Å²) in [5.74, 6) is -0.499. The van der Waals surface area contributed by atoms with E-state index in [1.54, 1.807) is 18.2 Å². The molecule has 0 bridgehead atoms. The number of nitrogens with zero attached hydrogens (tertiary/aromatic N) is 2. The zero-order chi connectivity index (χ0) is 24.1. The zero-order valence-corrected chi connectivity index (χ0v) is 22.2. The molecule has 0 unspecified atom stereocenters. The third kappa shape index (κ3) is 6.68. The fourth-order valence-electron chi connectivity index (χ4n) is 2.63. The van der Waals surface area contributed by atoms with E-state index in [-0.39, 0.29) is 23.6 Å². The molecule has 0 fully saturated rings. The highest BCUT2D eigenvalue weighted by molar-refractivity contribution is 14.1. The first-order chi connectivity index (χ1) is 15.7. The SMILES string of the molecule is O=C(N/N=C\c1cc(I)c(OCc2ccc(Cl)cc2Cl)c(I)c1)c1cc([N+](=O)[O-])ccc1O. The number of halogens is 4. The summed E-state index contributed by atoms with van der Waals surface area (Å²) in [5, 5.41) is 25.6. The minimum absolute atomic E-state index is 0.255. The lowest BCUT2D eigenvalue weighted by Gasteiger charge is -2.12. The molecule has 33 heavy (non-hydrogen) atoms. The maximum absolute atomic E-state index is 12.2. The van der Waals surface area contributed by atoms with E-state index in [2.05, 4.69) is 55.7 Å². The van der Waals surface area contributed by atoms with Gasteiger partial charge in [-0.3, -0.25) is 14.9 Å². The van der Waals surface area contributed by atoms with E-state index < -0.39 is 10.8 Å². The fourth-order valence-corrected chi connectivity index (χ4v) is 5.22. The van der Waals surface area contributed by atoms with Crippen LogP contribution in [-0.4, -0.2) is 22.2 Å². The van der Waals surface area contributed by atoms with Gasteiger partial charge in [-0.1, -0.05) is 29.3 Å². The molecule has 0 heterocycles. The molecule has 170 valence electrons. The van der Waals surface area contributed by atoms with Gasteiger partial charge in [0.2, 0.25) is 0 Å². The maximum atomic E-state index is 12.2. The molecule has 3 rings (SSSR count). The van der Waals surface area contributed by atoms with Crippen molar-refractivity contribution in [3.05, 3.63) is 92.5 Å². The van der Waals surface area contributed by atoms with E-state index in [0.29, 0.717) is 21.4 Å². The highest BCUT2D eigenvalue weighted by Gasteiger charge is 2.16. The van der Waals surface area contributed by atoms with E-state index in [4.69, 9.17) is 27.9 Å². The smallest absolute Gasteiger partial charge is 0.275 e. The lowest BCUT2D eigenvalue weighted by molar-refractivity contribution is -0.384. The highest BCUT2D eigenvalue weighted by Crippen LogP contribution is 2.30. The summed E-state index contributed by atoms with van der Waals surface area (Å²) in [5.41, 5.74) is 3.16. The second-order valence-electron chi connectivity index (χ2n) is 6.50. The summed E-state index contributed by atoms with van der Waals surface area (Å²) in [7, 11) is 0. The Morgan fingerprint density at radius 3 is 2.48 bits per heavy atom. The van der Waals surface area contributed by atoms with Gasteiger partial charge >= 0.3 is 0 Å². The van der Waals surface area contributed by atoms with Crippen LogP contribution in [0.3, 0.4) is 0 Å². The van der Waals surface area contributed by atoms with E-state index in [9.17, 15) is 20.0 Å². The third-order valence-electron chi connectivity index (χ3n) is 4.22. The van der Waals surface area contributed by atoms with Crippen molar-refractivity contribution in [1.29, 1.82) is 0 Å². The molecule has 0 radical (unpaired) electrons. The van der Waals surface area contributed by atoms with Crippen LogP contribution in [0.1, 0.15) is 21.5 Å². The Kier molecular flexibility index (Phi) is 8.73. The molecule has 0 atom stereocenters. The van der Waals surface area contributed by atoms with Gasteiger partial charge < -0.3 is 9.84 Å². The van der Waals surface area contributed by atoms with Crippen molar-refractivity contribution in [2.75, 3.05) is 0 Å². The predicted octanol–water partition coefficient (Wildman–Crippen LogP) is 6.16. The van der Waals surface area contributed by atoms with Crippen molar-refractivity contribution < 1.29 is 19.6 Å². The van der Waals surface area contributed by atoms with Crippen molar-refractivity contribution in [3.63, 3.8) is 0 Å². The molecule has 2 N–H and O–H groups in total. The van der Waals surface area contributed by atoms with Gasteiger partial charge in [0.25, 0.3) is 11.6 Å². The number of phenolic OH excluding ortho intramolecular Hbond substituents is 1. The monoisotopic (exact) mass is 711 g/mol. The molecule has 3 aromatic rings. The van der Waals surface area contributed by atoms with Crippen LogP contribution in [0.4, 0.5) is 5.69 Å². The minimum Gasteiger partial charge on any atom is -0.507 e. The second-order valence-corrected chi connectivity index (χ2v) is 9.66. The van der Waals surface area contributed by atoms with Gasteiger partial charge in [-0.15, -0.1) is 0 Å². The average Bonchev–Trinajstić information content (AvgIpc) is 2.74. The number of amides is 1. The Hall–Kier alpha value is -2.16. The molecular weight excluding hydrogens is 699 g/mol. The Labute approximate surface area is 225 Å². The molecule has 0 aromatic heterocycles. The molecule has 0 aliphatic heterocycles. The van der Waals surface area contributed by atoms with Gasteiger partial charge in [0.15, 0.2) is 0 Å². The van der Waals surface area contributed by atoms with Gasteiger partial charge in [-0.25, -0.2) is 5.43 Å². The van der Waals surface area contributed by atoms with Crippen LogP contribution in [0.2, 0.25) is 10.0 Å². The largest absolute Gasteiger partial charge is 0.507 e. The molecule has 1 amide bonds. The number of aromatic hydroxyl groups is 1. The quantitative estimate of drug-likeness (QED) is 0.132. The number of non-ortho nitro benzene ring substituents is 1. The number of nitro groups is 1. The predicted molar refractivity (Wildman–Crippen MR) is 142 cm³/mol. The van der Waals surface area contributed by atoms with Gasteiger partial charge in [0.1, 0.15) is 18.1 Å². The average molecular weight is 712 g/mol. The van der Waals surface area contributed by atoms with E-state index >= 15 is 0 Å². The van der Waals surface area contributed by atoms with Crippen molar-refractivity contribution in [2.45, 2.75) is 6.61 Å². The van der Waals surface area contributed by atoms with E-state index in [0.717, 1.165) is 30.9 Å². The molecule has 12 heteroatoms. The standard InChI is InChI=1S/C21H13Cl2I2N3O5/c22-13-2-1-12(16(23)7-13)10-33-20-17(24)5-11(6-18(20)25)9-26-27-21(30)15-8-14(28(31)32)3-4-19(15)29/h1-9,29H,10H2,(H,27,30)/b26-9-. The van der Waals surface area contributed by atoms with Crippen LogP contribution < -0.4 is 10.2 Å². The van der Waals surface area contributed by atoms with Gasteiger partial charge in [-0.05, 0) is 81.1 Å². The number of hydrazone groups is 1. The number of nitrogens with one attached hydrogen (secondary N) is 1. The molecule has 8 nitrogen and oxygen atoms in total. The molecule has 0 aliphatic carbocycles. The molecule has 0 aliphatic rings. The van der Waals surface area contributed by atoms with E-state index in [1.165, 1.54) is 6.21 Å². The summed E-state index contributed by atoms with van der Waals surface area (Å²) in [6, 6.07) is 12.0. The first-order valence-corrected chi connectivity index (χ1v) is 11.9. The summed E-state index contributed by atoms with van der Waals surface area (Å²) in [4.78, 5) is 22.5. The zero-order valence-electron chi connectivity index (χ0n) is 16.4. The van der Waals surface area contributed by atoms with E-state index in [1.807, 2.05) is 12.1 Å². The van der Waals surface area contributed by atoms with Crippen LogP contribution in [0.25, 0.3) is 0 Å². The Morgan fingerprint density at radius 2 is 1.85 bits per heavy atom. The van der Waals surface area contributed by atoms with Crippen LogP contribution in [0.5, 0.6) is 11.5 Å². The first-order valence-electron chi connectivity index (χ1n) is 9.02. The number of hydrogen-bond donors (Lipinski definition) is 2. The Bertz CT molecular complexity index is 1250. The van der Waals surface area contributed by atoms with Crippen molar-refractivity contribution in [2.24, 2.45) is 5.10 Å². The fraction of sp³-hybridized carbons (Fsp3) is 0.0476.